The summed E-state index contributed by atoms with van der Waals surface area (Å²) in [7, 11) is 0. The van der Waals surface area contributed by atoms with Crippen molar-refractivity contribution in [1.29, 1.82) is 0 Å². The molecule has 5 heteroatoms. The van der Waals surface area contributed by atoms with Crippen LogP contribution < -0.4 is 0 Å². The van der Waals surface area contributed by atoms with Crippen LogP contribution in [0.1, 0.15) is 33.6 Å². The number of rotatable bonds is 7. The van der Waals surface area contributed by atoms with Crippen LogP contribution in [0.3, 0.4) is 0 Å². The van der Waals surface area contributed by atoms with Crippen molar-refractivity contribution in [3.05, 3.63) is 35.4 Å². The number of carboxylic acids is 1. The van der Waals surface area contributed by atoms with Crippen molar-refractivity contribution in [2.75, 3.05) is 5.88 Å². The number of Topliss-reactive ketones (excluding diaryl/α,β-unsaturated/α-hetero) is 1. The van der Waals surface area contributed by atoms with Gasteiger partial charge in [-0.15, -0.1) is 11.6 Å². The Morgan fingerprint density at radius 1 is 1.22 bits per heavy atom. The molecule has 1 aromatic rings. The minimum absolute atomic E-state index is 0.127. The molecule has 1 N–H and O–H groups in total. The van der Waals surface area contributed by atoms with Crippen molar-refractivity contribution < 1.29 is 19.5 Å². The van der Waals surface area contributed by atoms with Crippen molar-refractivity contribution in [3.63, 3.8) is 0 Å². The lowest BCUT2D eigenvalue weighted by atomic mass is 9.94. The third-order valence-electron chi connectivity index (χ3n) is 2.61. The number of carbonyl (C=O) groups excluding carboxylic acids is 2. The molecule has 18 heavy (non-hydrogen) atoms. The van der Waals surface area contributed by atoms with E-state index < -0.39 is 11.9 Å². The number of carbonyl (C=O) groups is 3. The molecule has 0 aromatic heterocycles. The van der Waals surface area contributed by atoms with Gasteiger partial charge in [0.25, 0.3) is 0 Å². The number of halogens is 1. The zero-order chi connectivity index (χ0) is 13.5. The van der Waals surface area contributed by atoms with Crippen molar-refractivity contribution in [3.8, 4) is 0 Å². The fourth-order valence-electron chi connectivity index (χ4n) is 1.56. The fraction of sp³-hybridized carbons (Fsp3) is 0.308. The van der Waals surface area contributed by atoms with Crippen molar-refractivity contribution in [1.82, 2.24) is 0 Å². The number of aldehydes is 1. The lowest BCUT2D eigenvalue weighted by Gasteiger charge is -2.11. The molecular formula is C13H13ClO4. The Kier molecular flexibility index (Phi) is 5.52. The molecule has 0 aliphatic heterocycles. The van der Waals surface area contributed by atoms with Gasteiger partial charge >= 0.3 is 5.97 Å². The number of carboxylic acid groups (broad SMARTS) is 1. The number of aromatic carboxylic acids is 1. The molecule has 0 bridgehead atoms. The van der Waals surface area contributed by atoms with E-state index in [1.165, 1.54) is 24.3 Å². The molecule has 0 aliphatic rings. The summed E-state index contributed by atoms with van der Waals surface area (Å²) in [5.41, 5.74) is 0.540. The number of hydrogen-bond acceptors (Lipinski definition) is 3. The molecule has 0 radical (unpaired) electrons. The molecule has 96 valence electrons. The summed E-state index contributed by atoms with van der Waals surface area (Å²) in [6.07, 6.45) is 1.45. The maximum atomic E-state index is 12.0. The number of benzene rings is 1. The Hall–Kier alpha value is -1.68. The molecule has 0 spiro atoms. The predicted molar refractivity (Wildman–Crippen MR) is 67.2 cm³/mol. The number of ketones is 1. The predicted octanol–water partition coefficient (Wildman–Crippen LogP) is 2.40. The average Bonchev–Trinajstić information content (AvgIpc) is 2.39. The highest BCUT2D eigenvalue weighted by molar-refractivity contribution is 6.20. The van der Waals surface area contributed by atoms with Crippen LogP contribution in [0, 0.1) is 5.92 Å². The van der Waals surface area contributed by atoms with Gasteiger partial charge in [0.05, 0.1) is 5.56 Å². The van der Waals surface area contributed by atoms with E-state index >= 15 is 0 Å². The summed E-state index contributed by atoms with van der Waals surface area (Å²) in [4.78, 5) is 33.0. The summed E-state index contributed by atoms with van der Waals surface area (Å²) in [5.74, 6) is -1.46. The first kappa shape index (κ1) is 14.4. The number of alkyl halides is 1. The molecule has 0 saturated heterocycles. The van der Waals surface area contributed by atoms with Gasteiger partial charge in [0.2, 0.25) is 0 Å². The quantitative estimate of drug-likeness (QED) is 0.468. The van der Waals surface area contributed by atoms with Crippen LogP contribution in [0.4, 0.5) is 0 Å². The van der Waals surface area contributed by atoms with Gasteiger partial charge in [0.1, 0.15) is 6.29 Å². The molecule has 4 nitrogen and oxygen atoms in total. The van der Waals surface area contributed by atoms with Gasteiger partial charge in [-0.1, -0.05) is 12.1 Å². The van der Waals surface area contributed by atoms with Crippen LogP contribution in [-0.2, 0) is 4.79 Å². The van der Waals surface area contributed by atoms with E-state index in [1.807, 2.05) is 0 Å². The lowest BCUT2D eigenvalue weighted by molar-refractivity contribution is -0.108. The first-order valence-electron chi connectivity index (χ1n) is 5.47. The standard InChI is InChI=1S/C13H13ClO4/c14-8-11(2-1-7-15)12(16)9-3-5-10(6-4-9)13(17)18/h3-7,11H,1-2,8H2,(H,17,18). The van der Waals surface area contributed by atoms with E-state index in [0.717, 1.165) is 6.29 Å². The second-order valence-electron chi connectivity index (χ2n) is 3.84. The van der Waals surface area contributed by atoms with E-state index in [9.17, 15) is 14.4 Å². The Labute approximate surface area is 110 Å². The smallest absolute Gasteiger partial charge is 0.335 e. The van der Waals surface area contributed by atoms with Gasteiger partial charge in [0, 0.05) is 23.8 Å². The van der Waals surface area contributed by atoms with Crippen LogP contribution in [0.15, 0.2) is 24.3 Å². The van der Waals surface area contributed by atoms with Crippen LogP contribution >= 0.6 is 11.6 Å². The van der Waals surface area contributed by atoms with Crippen LogP contribution in [0.2, 0.25) is 0 Å². The SMILES string of the molecule is O=CCCC(CCl)C(=O)c1ccc(C(=O)O)cc1. The Balaban J connectivity index is 2.81. The highest BCUT2D eigenvalue weighted by Gasteiger charge is 2.19. The summed E-state index contributed by atoms with van der Waals surface area (Å²) < 4.78 is 0. The normalized spacial score (nSPS) is 11.8. The highest BCUT2D eigenvalue weighted by atomic mass is 35.5. The van der Waals surface area contributed by atoms with Crippen LogP contribution in [0.25, 0.3) is 0 Å². The molecule has 1 aromatic carbocycles. The monoisotopic (exact) mass is 268 g/mol. The Morgan fingerprint density at radius 3 is 2.22 bits per heavy atom. The fourth-order valence-corrected chi connectivity index (χ4v) is 1.85. The molecule has 0 saturated carbocycles. The lowest BCUT2D eigenvalue weighted by Crippen LogP contribution is -2.17. The summed E-state index contributed by atoms with van der Waals surface area (Å²) in [6, 6.07) is 5.68. The zero-order valence-electron chi connectivity index (χ0n) is 9.64. The molecule has 0 heterocycles. The average molecular weight is 269 g/mol. The maximum absolute atomic E-state index is 12.0. The van der Waals surface area contributed by atoms with Gasteiger partial charge in [-0.25, -0.2) is 4.79 Å². The van der Waals surface area contributed by atoms with E-state index in [4.69, 9.17) is 16.7 Å². The first-order chi connectivity index (χ1) is 8.60. The Morgan fingerprint density at radius 2 is 1.78 bits per heavy atom. The van der Waals surface area contributed by atoms with E-state index in [1.54, 1.807) is 0 Å². The van der Waals surface area contributed by atoms with Crippen LogP contribution in [-0.4, -0.2) is 29.0 Å². The van der Waals surface area contributed by atoms with Crippen molar-refractivity contribution in [2.24, 2.45) is 5.92 Å². The molecular weight excluding hydrogens is 256 g/mol. The first-order valence-corrected chi connectivity index (χ1v) is 6.00. The minimum atomic E-state index is -1.04. The van der Waals surface area contributed by atoms with E-state index in [0.29, 0.717) is 12.0 Å². The van der Waals surface area contributed by atoms with Crippen molar-refractivity contribution in [2.45, 2.75) is 12.8 Å². The molecule has 1 atom stereocenters. The second-order valence-corrected chi connectivity index (χ2v) is 4.15. The maximum Gasteiger partial charge on any atom is 0.335 e. The van der Waals surface area contributed by atoms with Gasteiger partial charge in [-0.2, -0.15) is 0 Å². The summed E-state index contributed by atoms with van der Waals surface area (Å²) in [5, 5.41) is 8.74. The summed E-state index contributed by atoms with van der Waals surface area (Å²) in [6.45, 7) is 0. The van der Waals surface area contributed by atoms with Gasteiger partial charge in [-0.05, 0) is 18.6 Å². The molecule has 0 amide bonds. The third kappa shape index (κ3) is 3.67. The molecule has 1 unspecified atom stereocenters. The Bertz CT molecular complexity index is 439. The number of hydrogen-bond donors (Lipinski definition) is 1. The molecule has 0 aliphatic carbocycles. The van der Waals surface area contributed by atoms with Crippen LogP contribution in [0.5, 0.6) is 0 Å². The minimum Gasteiger partial charge on any atom is -0.478 e. The summed E-state index contributed by atoms with van der Waals surface area (Å²) >= 11 is 5.70. The van der Waals surface area contributed by atoms with Gasteiger partial charge < -0.3 is 9.90 Å². The highest BCUT2D eigenvalue weighted by Crippen LogP contribution is 2.16. The van der Waals surface area contributed by atoms with E-state index in [-0.39, 0.29) is 23.6 Å². The van der Waals surface area contributed by atoms with Gasteiger partial charge in [0.15, 0.2) is 5.78 Å². The zero-order valence-corrected chi connectivity index (χ0v) is 10.4. The molecule has 1 rings (SSSR count). The van der Waals surface area contributed by atoms with Crippen molar-refractivity contribution >= 4 is 29.6 Å². The van der Waals surface area contributed by atoms with E-state index in [2.05, 4.69) is 0 Å². The largest absolute Gasteiger partial charge is 0.478 e. The topological polar surface area (TPSA) is 71.4 Å². The second kappa shape index (κ2) is 6.91. The third-order valence-corrected chi connectivity index (χ3v) is 2.98. The van der Waals surface area contributed by atoms with Gasteiger partial charge in [-0.3, -0.25) is 4.79 Å². The molecule has 0 fully saturated rings.